The molecular formula is C13H16Br2FNO. The Kier molecular flexibility index (Phi) is 5.79. The van der Waals surface area contributed by atoms with Gasteiger partial charge in [-0.3, -0.25) is 4.79 Å². The molecule has 5 heteroatoms. The molecule has 0 radical (unpaired) electrons. The minimum atomic E-state index is -0.422. The number of rotatable bonds is 5. The number of nitrogens with one attached hydrogen (secondary N) is 1. The fourth-order valence-electron chi connectivity index (χ4n) is 1.45. The quantitative estimate of drug-likeness (QED) is 0.764. The lowest BCUT2D eigenvalue weighted by Crippen LogP contribution is -2.34. The molecule has 0 aromatic heterocycles. The van der Waals surface area contributed by atoms with E-state index in [4.69, 9.17) is 0 Å². The Morgan fingerprint density at radius 1 is 1.39 bits per heavy atom. The van der Waals surface area contributed by atoms with Crippen molar-refractivity contribution in [3.8, 4) is 0 Å². The Bertz CT molecular complexity index is 415. The summed E-state index contributed by atoms with van der Waals surface area (Å²) in [5.41, 5.74) is 0.348. The van der Waals surface area contributed by atoms with E-state index >= 15 is 0 Å². The molecule has 0 bridgehead atoms. The lowest BCUT2D eigenvalue weighted by atomic mass is 9.90. The predicted molar refractivity (Wildman–Crippen MR) is 78.6 cm³/mol. The van der Waals surface area contributed by atoms with Crippen molar-refractivity contribution in [2.24, 2.45) is 5.41 Å². The van der Waals surface area contributed by atoms with Crippen LogP contribution in [0.1, 0.15) is 30.6 Å². The molecule has 100 valence electrons. The van der Waals surface area contributed by atoms with Gasteiger partial charge >= 0.3 is 0 Å². The van der Waals surface area contributed by atoms with Crippen LogP contribution < -0.4 is 5.32 Å². The third kappa shape index (κ3) is 5.06. The predicted octanol–water partition coefficient (Wildman–Crippen LogP) is 4.13. The lowest BCUT2D eigenvalue weighted by Gasteiger charge is -2.23. The number of alkyl halides is 1. The molecule has 2 nitrogen and oxygen atoms in total. The SMILES string of the molecule is CC(C)(CCBr)CNC(=O)c1cc(F)cc(Br)c1. The largest absolute Gasteiger partial charge is 0.352 e. The zero-order chi connectivity index (χ0) is 13.8. The van der Waals surface area contributed by atoms with Crippen LogP contribution >= 0.6 is 31.9 Å². The van der Waals surface area contributed by atoms with Gasteiger partial charge in [0.25, 0.3) is 5.91 Å². The minimum absolute atomic E-state index is 0.0176. The number of hydrogen-bond donors (Lipinski definition) is 1. The summed E-state index contributed by atoms with van der Waals surface area (Å²) < 4.78 is 13.7. The molecule has 1 aromatic carbocycles. The molecule has 1 rings (SSSR count). The van der Waals surface area contributed by atoms with Gasteiger partial charge in [0.05, 0.1) is 0 Å². The van der Waals surface area contributed by atoms with E-state index in [2.05, 4.69) is 51.0 Å². The summed E-state index contributed by atoms with van der Waals surface area (Å²) in [7, 11) is 0. The summed E-state index contributed by atoms with van der Waals surface area (Å²) >= 11 is 6.56. The second-order valence-corrected chi connectivity index (χ2v) is 6.65. The van der Waals surface area contributed by atoms with E-state index in [0.717, 1.165) is 11.8 Å². The van der Waals surface area contributed by atoms with Crippen molar-refractivity contribution in [2.75, 3.05) is 11.9 Å². The Balaban J connectivity index is 2.66. The Labute approximate surface area is 124 Å². The summed E-state index contributed by atoms with van der Waals surface area (Å²) in [6, 6.07) is 4.17. The van der Waals surface area contributed by atoms with E-state index in [1.807, 2.05) is 0 Å². The van der Waals surface area contributed by atoms with Gasteiger partial charge < -0.3 is 5.32 Å². The first kappa shape index (κ1) is 15.6. The van der Waals surface area contributed by atoms with Crippen molar-refractivity contribution in [3.05, 3.63) is 34.1 Å². The van der Waals surface area contributed by atoms with E-state index in [-0.39, 0.29) is 11.3 Å². The average Bonchev–Trinajstić information content (AvgIpc) is 2.24. The van der Waals surface area contributed by atoms with Crippen molar-refractivity contribution >= 4 is 37.8 Å². The number of carbonyl (C=O) groups excluding carboxylic acids is 1. The zero-order valence-electron chi connectivity index (χ0n) is 10.4. The summed E-state index contributed by atoms with van der Waals surface area (Å²) in [5.74, 6) is -0.674. The first-order chi connectivity index (χ1) is 8.34. The number of benzene rings is 1. The number of halogens is 3. The summed E-state index contributed by atoms with van der Waals surface area (Å²) in [6.07, 6.45) is 0.958. The molecule has 18 heavy (non-hydrogen) atoms. The van der Waals surface area contributed by atoms with Crippen molar-refractivity contribution in [2.45, 2.75) is 20.3 Å². The maximum Gasteiger partial charge on any atom is 0.251 e. The van der Waals surface area contributed by atoms with Gasteiger partial charge in [0.1, 0.15) is 5.82 Å². The van der Waals surface area contributed by atoms with Crippen LogP contribution in [0.4, 0.5) is 4.39 Å². The molecule has 0 aliphatic carbocycles. The van der Waals surface area contributed by atoms with E-state index in [1.54, 1.807) is 6.07 Å². The van der Waals surface area contributed by atoms with Crippen LogP contribution in [0.5, 0.6) is 0 Å². The third-order valence-electron chi connectivity index (χ3n) is 2.62. The highest BCUT2D eigenvalue weighted by Gasteiger charge is 2.18. The maximum absolute atomic E-state index is 13.2. The van der Waals surface area contributed by atoms with Gasteiger partial charge in [0.15, 0.2) is 0 Å². The van der Waals surface area contributed by atoms with Gasteiger partial charge in [-0.25, -0.2) is 4.39 Å². The average molecular weight is 381 g/mol. The van der Waals surface area contributed by atoms with Crippen LogP contribution in [0.25, 0.3) is 0 Å². The van der Waals surface area contributed by atoms with E-state index < -0.39 is 5.82 Å². The second-order valence-electron chi connectivity index (χ2n) is 4.94. The first-order valence-electron chi connectivity index (χ1n) is 5.64. The molecule has 0 atom stereocenters. The minimum Gasteiger partial charge on any atom is -0.352 e. The summed E-state index contributed by atoms with van der Waals surface area (Å²) in [4.78, 5) is 11.9. The van der Waals surface area contributed by atoms with Crippen LogP contribution in [0, 0.1) is 11.2 Å². The molecule has 0 aliphatic heterocycles. The van der Waals surface area contributed by atoms with E-state index in [1.165, 1.54) is 12.1 Å². The number of hydrogen-bond acceptors (Lipinski definition) is 1. The van der Waals surface area contributed by atoms with E-state index in [9.17, 15) is 9.18 Å². The molecule has 0 saturated heterocycles. The first-order valence-corrected chi connectivity index (χ1v) is 7.56. The fourth-order valence-corrected chi connectivity index (χ4v) is 2.99. The maximum atomic E-state index is 13.2. The van der Waals surface area contributed by atoms with Crippen LogP contribution in [0.15, 0.2) is 22.7 Å². The van der Waals surface area contributed by atoms with Crippen molar-refractivity contribution in [1.29, 1.82) is 0 Å². The lowest BCUT2D eigenvalue weighted by molar-refractivity contribution is 0.0935. The zero-order valence-corrected chi connectivity index (χ0v) is 13.6. The smallest absolute Gasteiger partial charge is 0.251 e. The molecule has 0 unspecified atom stereocenters. The van der Waals surface area contributed by atoms with Gasteiger partial charge in [0.2, 0.25) is 0 Å². The standard InChI is InChI=1S/C13H16Br2FNO/c1-13(2,3-4-14)8-17-12(18)9-5-10(15)7-11(16)6-9/h5-7H,3-4,8H2,1-2H3,(H,17,18). The van der Waals surface area contributed by atoms with Gasteiger partial charge in [-0.05, 0) is 30.0 Å². The van der Waals surface area contributed by atoms with Crippen LogP contribution in [-0.4, -0.2) is 17.8 Å². The Morgan fingerprint density at radius 2 is 2.06 bits per heavy atom. The molecule has 0 saturated carbocycles. The fraction of sp³-hybridized carbons (Fsp3) is 0.462. The molecule has 1 N–H and O–H groups in total. The van der Waals surface area contributed by atoms with Crippen molar-refractivity contribution in [1.82, 2.24) is 5.32 Å². The Morgan fingerprint density at radius 3 is 2.61 bits per heavy atom. The number of carbonyl (C=O) groups is 1. The van der Waals surface area contributed by atoms with Crippen LogP contribution in [0.3, 0.4) is 0 Å². The van der Waals surface area contributed by atoms with Crippen LogP contribution in [-0.2, 0) is 0 Å². The van der Waals surface area contributed by atoms with Gasteiger partial charge in [-0.2, -0.15) is 0 Å². The van der Waals surface area contributed by atoms with Crippen LogP contribution in [0.2, 0.25) is 0 Å². The third-order valence-corrected chi connectivity index (χ3v) is 3.48. The highest BCUT2D eigenvalue weighted by Crippen LogP contribution is 2.20. The summed E-state index contributed by atoms with van der Waals surface area (Å²) in [6.45, 7) is 4.72. The van der Waals surface area contributed by atoms with Gasteiger partial charge in [0, 0.05) is 21.9 Å². The topological polar surface area (TPSA) is 29.1 Å². The molecule has 1 aromatic rings. The Hall–Kier alpha value is -0.420. The molecule has 1 amide bonds. The molecule has 0 heterocycles. The second kappa shape index (κ2) is 6.66. The van der Waals surface area contributed by atoms with Crippen molar-refractivity contribution in [3.63, 3.8) is 0 Å². The normalized spacial score (nSPS) is 11.4. The molecular weight excluding hydrogens is 365 g/mol. The molecule has 0 aliphatic rings. The summed E-state index contributed by atoms with van der Waals surface area (Å²) in [5, 5.41) is 3.72. The van der Waals surface area contributed by atoms with Gasteiger partial charge in [-0.1, -0.05) is 45.7 Å². The molecule has 0 spiro atoms. The molecule has 0 fully saturated rings. The van der Waals surface area contributed by atoms with E-state index in [0.29, 0.717) is 16.6 Å². The highest BCUT2D eigenvalue weighted by molar-refractivity contribution is 9.10. The number of amides is 1. The van der Waals surface area contributed by atoms with Crippen molar-refractivity contribution < 1.29 is 9.18 Å². The monoisotopic (exact) mass is 379 g/mol. The van der Waals surface area contributed by atoms with Gasteiger partial charge in [-0.15, -0.1) is 0 Å². The highest BCUT2D eigenvalue weighted by atomic mass is 79.9.